The SMILES string of the molecule is C/C(=C/C(=O)/C=C(/CC1=CCCCC1)N1CCCC1)N1CCCC1. The quantitative estimate of drug-likeness (QED) is 0.532. The van der Waals surface area contributed by atoms with E-state index in [2.05, 4.69) is 22.8 Å². The van der Waals surface area contributed by atoms with E-state index in [1.807, 2.05) is 12.2 Å². The zero-order valence-electron chi connectivity index (χ0n) is 15.2. The predicted octanol–water partition coefficient (Wildman–Crippen LogP) is 4.43. The molecule has 2 heterocycles. The molecular formula is C21H32N2O. The first-order valence-corrected chi connectivity index (χ1v) is 9.83. The maximum Gasteiger partial charge on any atom is 0.182 e. The molecule has 0 aromatic carbocycles. The highest BCUT2D eigenvalue weighted by molar-refractivity contribution is 6.00. The van der Waals surface area contributed by atoms with E-state index < -0.39 is 0 Å². The third kappa shape index (κ3) is 4.75. The minimum Gasteiger partial charge on any atom is -0.375 e. The van der Waals surface area contributed by atoms with Crippen molar-refractivity contribution in [1.82, 2.24) is 9.80 Å². The van der Waals surface area contributed by atoms with Crippen LogP contribution in [0.2, 0.25) is 0 Å². The maximum atomic E-state index is 12.6. The van der Waals surface area contributed by atoms with Crippen molar-refractivity contribution >= 4 is 5.78 Å². The summed E-state index contributed by atoms with van der Waals surface area (Å²) in [5, 5.41) is 0. The van der Waals surface area contributed by atoms with Crippen LogP contribution in [0.3, 0.4) is 0 Å². The lowest BCUT2D eigenvalue weighted by Crippen LogP contribution is -2.21. The highest BCUT2D eigenvalue weighted by Gasteiger charge is 2.18. The van der Waals surface area contributed by atoms with Gasteiger partial charge in [-0.1, -0.05) is 11.6 Å². The molecule has 0 aromatic rings. The number of nitrogens with zero attached hydrogens (tertiary/aromatic N) is 2. The van der Waals surface area contributed by atoms with Crippen molar-refractivity contribution in [3.8, 4) is 0 Å². The molecule has 2 saturated heterocycles. The number of allylic oxidation sites excluding steroid dienone is 5. The van der Waals surface area contributed by atoms with Crippen LogP contribution < -0.4 is 0 Å². The molecule has 1 aliphatic carbocycles. The number of carbonyl (C=O) groups is 1. The summed E-state index contributed by atoms with van der Waals surface area (Å²) in [5.41, 5.74) is 3.91. The molecule has 3 heteroatoms. The van der Waals surface area contributed by atoms with Crippen molar-refractivity contribution in [1.29, 1.82) is 0 Å². The Balaban J connectivity index is 1.70. The van der Waals surface area contributed by atoms with Crippen LogP contribution in [0.5, 0.6) is 0 Å². The fraction of sp³-hybridized carbons (Fsp3) is 0.667. The standard InChI is InChI=1S/C21H32N2O/c1-18(22-11-5-6-12-22)15-21(24)17-20(23-13-7-8-14-23)16-19-9-3-2-4-10-19/h9,15,17H,2-8,10-14,16H2,1H3/b18-15-,20-17-. The van der Waals surface area contributed by atoms with Gasteiger partial charge in [0.2, 0.25) is 0 Å². The lowest BCUT2D eigenvalue weighted by atomic mass is 9.95. The summed E-state index contributed by atoms with van der Waals surface area (Å²) in [4.78, 5) is 17.4. The van der Waals surface area contributed by atoms with E-state index in [1.54, 1.807) is 0 Å². The molecule has 3 rings (SSSR count). The summed E-state index contributed by atoms with van der Waals surface area (Å²) < 4.78 is 0. The van der Waals surface area contributed by atoms with Gasteiger partial charge in [-0.3, -0.25) is 4.79 Å². The van der Waals surface area contributed by atoms with Gasteiger partial charge in [0.15, 0.2) is 5.78 Å². The van der Waals surface area contributed by atoms with Gasteiger partial charge in [-0.15, -0.1) is 0 Å². The van der Waals surface area contributed by atoms with E-state index in [9.17, 15) is 4.79 Å². The van der Waals surface area contributed by atoms with Crippen LogP contribution in [0, 0.1) is 0 Å². The monoisotopic (exact) mass is 328 g/mol. The summed E-state index contributed by atoms with van der Waals surface area (Å²) in [6, 6.07) is 0. The molecule has 24 heavy (non-hydrogen) atoms. The van der Waals surface area contributed by atoms with Crippen molar-refractivity contribution in [2.24, 2.45) is 0 Å². The Kier molecular flexibility index (Phi) is 6.17. The van der Waals surface area contributed by atoms with Gasteiger partial charge in [-0.2, -0.15) is 0 Å². The minimum absolute atomic E-state index is 0.165. The van der Waals surface area contributed by atoms with E-state index in [0.717, 1.165) is 38.3 Å². The Hall–Kier alpha value is -1.51. The normalized spacial score (nSPS) is 23.0. The average molecular weight is 329 g/mol. The summed E-state index contributed by atoms with van der Waals surface area (Å²) in [5.74, 6) is 0.165. The Bertz CT molecular complexity index is 532. The minimum atomic E-state index is 0.165. The molecule has 0 saturated carbocycles. The molecule has 2 aliphatic heterocycles. The van der Waals surface area contributed by atoms with E-state index in [-0.39, 0.29) is 5.78 Å². The van der Waals surface area contributed by atoms with E-state index in [0.29, 0.717) is 0 Å². The van der Waals surface area contributed by atoms with E-state index >= 15 is 0 Å². The number of ketones is 1. The second kappa shape index (κ2) is 8.55. The fourth-order valence-electron chi connectivity index (χ4n) is 4.13. The summed E-state index contributed by atoms with van der Waals surface area (Å²) in [6.45, 7) is 6.51. The lowest BCUT2D eigenvalue weighted by molar-refractivity contribution is -0.110. The van der Waals surface area contributed by atoms with Gasteiger partial charge in [0, 0.05) is 56.1 Å². The maximum absolute atomic E-state index is 12.6. The van der Waals surface area contributed by atoms with Gasteiger partial charge in [-0.05, 0) is 58.3 Å². The molecule has 0 atom stereocenters. The number of rotatable bonds is 6. The van der Waals surface area contributed by atoms with Gasteiger partial charge in [0.05, 0.1) is 0 Å². The Morgan fingerprint density at radius 3 is 2.25 bits per heavy atom. The van der Waals surface area contributed by atoms with E-state index in [4.69, 9.17) is 0 Å². The van der Waals surface area contributed by atoms with Crippen LogP contribution in [0.4, 0.5) is 0 Å². The first kappa shape index (κ1) is 17.3. The zero-order valence-corrected chi connectivity index (χ0v) is 15.2. The van der Waals surface area contributed by atoms with Gasteiger partial charge in [0.1, 0.15) is 0 Å². The van der Waals surface area contributed by atoms with E-state index in [1.165, 1.54) is 62.6 Å². The molecule has 0 N–H and O–H groups in total. The van der Waals surface area contributed by atoms with Gasteiger partial charge < -0.3 is 9.80 Å². The van der Waals surface area contributed by atoms with Crippen LogP contribution in [0.25, 0.3) is 0 Å². The van der Waals surface area contributed by atoms with Crippen molar-refractivity contribution in [3.63, 3.8) is 0 Å². The molecular weight excluding hydrogens is 296 g/mol. The first-order valence-electron chi connectivity index (χ1n) is 9.83. The fourth-order valence-corrected chi connectivity index (χ4v) is 4.13. The Morgan fingerprint density at radius 2 is 1.62 bits per heavy atom. The molecule has 0 amide bonds. The van der Waals surface area contributed by atoms with Crippen molar-refractivity contribution < 1.29 is 4.79 Å². The highest BCUT2D eigenvalue weighted by atomic mass is 16.1. The molecule has 0 spiro atoms. The van der Waals surface area contributed by atoms with Crippen LogP contribution >= 0.6 is 0 Å². The highest BCUT2D eigenvalue weighted by Crippen LogP contribution is 2.27. The Morgan fingerprint density at radius 1 is 0.958 bits per heavy atom. The third-order valence-corrected chi connectivity index (χ3v) is 5.57. The van der Waals surface area contributed by atoms with Gasteiger partial charge in [-0.25, -0.2) is 0 Å². The lowest BCUT2D eigenvalue weighted by Gasteiger charge is -2.24. The predicted molar refractivity (Wildman–Crippen MR) is 99.6 cm³/mol. The van der Waals surface area contributed by atoms with Crippen LogP contribution in [0.15, 0.2) is 35.2 Å². The first-order chi connectivity index (χ1) is 11.7. The molecule has 3 nitrogen and oxygen atoms in total. The molecule has 0 bridgehead atoms. The Labute approximate surface area is 147 Å². The number of hydrogen-bond acceptors (Lipinski definition) is 3. The van der Waals surface area contributed by atoms with Crippen molar-refractivity contribution in [2.75, 3.05) is 26.2 Å². The number of hydrogen-bond donors (Lipinski definition) is 0. The third-order valence-electron chi connectivity index (χ3n) is 5.57. The van der Waals surface area contributed by atoms with Crippen molar-refractivity contribution in [3.05, 3.63) is 35.2 Å². The molecule has 2 fully saturated rings. The second-order valence-electron chi connectivity index (χ2n) is 7.50. The molecule has 132 valence electrons. The molecule has 0 aromatic heterocycles. The second-order valence-corrected chi connectivity index (χ2v) is 7.50. The van der Waals surface area contributed by atoms with Gasteiger partial charge in [0.25, 0.3) is 0 Å². The van der Waals surface area contributed by atoms with Crippen molar-refractivity contribution in [2.45, 2.75) is 64.7 Å². The molecule has 0 radical (unpaired) electrons. The average Bonchev–Trinajstić information content (AvgIpc) is 3.29. The summed E-state index contributed by atoms with van der Waals surface area (Å²) >= 11 is 0. The number of likely N-dealkylation sites (tertiary alicyclic amines) is 2. The summed E-state index contributed by atoms with van der Waals surface area (Å²) in [6.07, 6.45) is 17.2. The van der Waals surface area contributed by atoms with Crippen LogP contribution in [-0.2, 0) is 4.79 Å². The van der Waals surface area contributed by atoms with Crippen LogP contribution in [-0.4, -0.2) is 41.8 Å². The largest absolute Gasteiger partial charge is 0.375 e. The van der Waals surface area contributed by atoms with Gasteiger partial charge >= 0.3 is 0 Å². The number of carbonyl (C=O) groups excluding carboxylic acids is 1. The molecule has 0 unspecified atom stereocenters. The zero-order chi connectivity index (χ0) is 16.8. The summed E-state index contributed by atoms with van der Waals surface area (Å²) in [7, 11) is 0. The molecule has 3 aliphatic rings. The topological polar surface area (TPSA) is 23.6 Å². The van der Waals surface area contributed by atoms with Crippen LogP contribution in [0.1, 0.15) is 64.7 Å². The smallest absolute Gasteiger partial charge is 0.182 e.